The average Bonchev–Trinajstić information content (AvgIpc) is 3.18. The molecule has 1 spiro atoms. The van der Waals surface area contributed by atoms with Crippen molar-refractivity contribution < 1.29 is 22.8 Å². The fourth-order valence-electron chi connectivity index (χ4n) is 4.52. The number of urea groups is 1. The van der Waals surface area contributed by atoms with E-state index in [0.717, 1.165) is 34.7 Å². The van der Waals surface area contributed by atoms with E-state index in [0.29, 0.717) is 32.5 Å². The number of hydrogen-bond acceptors (Lipinski definition) is 3. The lowest BCUT2D eigenvalue weighted by Gasteiger charge is -2.44. The number of alkyl halides is 3. The van der Waals surface area contributed by atoms with Crippen LogP contribution in [0.1, 0.15) is 39.9 Å². The predicted molar refractivity (Wildman–Crippen MR) is 123 cm³/mol. The number of nitrogens with zero attached hydrogens (tertiary/aromatic N) is 2. The zero-order valence-electron chi connectivity index (χ0n) is 18.5. The molecule has 9 heteroatoms. The second kappa shape index (κ2) is 8.93. The molecule has 4 rings (SSSR count). The second-order valence-corrected chi connectivity index (χ2v) is 9.97. The standard InChI is InChI=1S/C24H26F3N3O2S/c1-16-4-3-5-17(2)20(16)28-22(32)29-12-10-23(11-13-29)30(14-15-33-23)21(31)18-6-8-19(9-7-18)24(25,26)27/h3-9H,10-15H2,1-2H3,(H,28,32). The van der Waals surface area contributed by atoms with Crippen molar-refractivity contribution in [2.75, 3.05) is 30.7 Å². The van der Waals surface area contributed by atoms with Crippen molar-refractivity contribution in [1.82, 2.24) is 9.80 Å². The Morgan fingerprint density at radius 1 is 0.970 bits per heavy atom. The predicted octanol–water partition coefficient (Wildman–Crippen LogP) is 5.54. The van der Waals surface area contributed by atoms with Crippen LogP contribution in [0.2, 0.25) is 0 Å². The summed E-state index contributed by atoms with van der Waals surface area (Å²) in [7, 11) is 0. The number of likely N-dealkylation sites (tertiary alicyclic amines) is 1. The van der Waals surface area contributed by atoms with Gasteiger partial charge >= 0.3 is 12.2 Å². The van der Waals surface area contributed by atoms with Gasteiger partial charge in [-0.1, -0.05) is 18.2 Å². The van der Waals surface area contributed by atoms with Gasteiger partial charge in [-0.2, -0.15) is 13.2 Å². The van der Waals surface area contributed by atoms with Crippen molar-refractivity contribution in [2.24, 2.45) is 0 Å². The summed E-state index contributed by atoms with van der Waals surface area (Å²) in [4.78, 5) is 29.1. The van der Waals surface area contributed by atoms with Crippen LogP contribution in [0.3, 0.4) is 0 Å². The molecule has 2 aromatic rings. The molecular weight excluding hydrogens is 451 g/mol. The van der Waals surface area contributed by atoms with Crippen molar-refractivity contribution in [2.45, 2.75) is 37.7 Å². The zero-order chi connectivity index (χ0) is 23.8. The van der Waals surface area contributed by atoms with Crippen molar-refractivity contribution in [3.63, 3.8) is 0 Å². The highest BCUT2D eigenvalue weighted by Crippen LogP contribution is 2.44. The van der Waals surface area contributed by atoms with Crippen LogP contribution in [0, 0.1) is 13.8 Å². The van der Waals surface area contributed by atoms with E-state index >= 15 is 0 Å². The van der Waals surface area contributed by atoms with Gasteiger partial charge in [-0.05, 0) is 62.1 Å². The Hall–Kier alpha value is -2.68. The number of rotatable bonds is 2. The van der Waals surface area contributed by atoms with Crippen molar-refractivity contribution >= 4 is 29.4 Å². The van der Waals surface area contributed by atoms with Crippen LogP contribution in [0.25, 0.3) is 0 Å². The highest BCUT2D eigenvalue weighted by atomic mass is 32.2. The highest BCUT2D eigenvalue weighted by Gasteiger charge is 2.47. The van der Waals surface area contributed by atoms with E-state index in [1.165, 1.54) is 12.1 Å². The Labute approximate surface area is 195 Å². The molecule has 2 aliphatic heterocycles. The topological polar surface area (TPSA) is 52.7 Å². The SMILES string of the molecule is Cc1cccc(C)c1NC(=O)N1CCC2(CC1)SCCN2C(=O)c1ccc(C(F)(F)F)cc1. The summed E-state index contributed by atoms with van der Waals surface area (Å²) in [6, 6.07) is 10.1. The molecule has 0 saturated carbocycles. The van der Waals surface area contributed by atoms with Gasteiger partial charge in [0.05, 0.1) is 10.4 Å². The van der Waals surface area contributed by atoms with Crippen LogP contribution < -0.4 is 5.32 Å². The maximum absolute atomic E-state index is 13.2. The number of carbonyl (C=O) groups excluding carboxylic acids is 2. The third-order valence-corrected chi connectivity index (χ3v) is 7.98. The molecule has 2 heterocycles. The lowest BCUT2D eigenvalue weighted by molar-refractivity contribution is -0.137. The molecule has 0 radical (unpaired) electrons. The zero-order valence-corrected chi connectivity index (χ0v) is 19.4. The van der Waals surface area contributed by atoms with E-state index in [4.69, 9.17) is 0 Å². The van der Waals surface area contributed by atoms with Crippen LogP contribution >= 0.6 is 11.8 Å². The van der Waals surface area contributed by atoms with E-state index < -0.39 is 16.6 Å². The van der Waals surface area contributed by atoms with Gasteiger partial charge in [-0.15, -0.1) is 11.8 Å². The van der Waals surface area contributed by atoms with Crippen LogP contribution in [0.5, 0.6) is 0 Å². The molecule has 0 aromatic heterocycles. The minimum absolute atomic E-state index is 0.161. The first-order valence-corrected chi connectivity index (χ1v) is 11.8. The summed E-state index contributed by atoms with van der Waals surface area (Å²) in [5, 5.41) is 3.01. The van der Waals surface area contributed by atoms with Gasteiger partial charge < -0.3 is 15.1 Å². The lowest BCUT2D eigenvalue weighted by atomic mass is 10.0. The summed E-state index contributed by atoms with van der Waals surface area (Å²) < 4.78 is 38.6. The van der Waals surface area contributed by atoms with E-state index in [2.05, 4.69) is 5.32 Å². The molecule has 0 aliphatic carbocycles. The Morgan fingerprint density at radius 3 is 2.15 bits per heavy atom. The lowest BCUT2D eigenvalue weighted by Crippen LogP contribution is -2.54. The van der Waals surface area contributed by atoms with E-state index in [9.17, 15) is 22.8 Å². The van der Waals surface area contributed by atoms with Crippen molar-refractivity contribution in [3.8, 4) is 0 Å². The molecule has 2 fully saturated rings. The number of nitrogens with one attached hydrogen (secondary N) is 1. The van der Waals surface area contributed by atoms with Crippen LogP contribution in [0.4, 0.5) is 23.7 Å². The van der Waals surface area contributed by atoms with E-state index in [1.807, 2.05) is 32.0 Å². The molecular formula is C24H26F3N3O2S. The monoisotopic (exact) mass is 477 g/mol. The van der Waals surface area contributed by atoms with Gasteiger partial charge in [0.1, 0.15) is 0 Å². The van der Waals surface area contributed by atoms with E-state index in [-0.39, 0.29) is 17.5 Å². The number of aryl methyl sites for hydroxylation is 2. The van der Waals surface area contributed by atoms with Crippen LogP contribution in [-0.4, -0.2) is 52.0 Å². The molecule has 2 saturated heterocycles. The summed E-state index contributed by atoms with van der Waals surface area (Å²) in [5.41, 5.74) is 2.29. The average molecular weight is 478 g/mol. The number of carbonyl (C=O) groups is 2. The maximum atomic E-state index is 13.2. The van der Waals surface area contributed by atoms with Crippen molar-refractivity contribution in [1.29, 1.82) is 0 Å². The fraction of sp³-hybridized carbons (Fsp3) is 0.417. The molecule has 2 aromatic carbocycles. The molecule has 33 heavy (non-hydrogen) atoms. The first kappa shape index (κ1) is 23.5. The number of benzene rings is 2. The normalized spacial score (nSPS) is 18.0. The highest BCUT2D eigenvalue weighted by molar-refractivity contribution is 8.00. The van der Waals surface area contributed by atoms with Gasteiger partial charge in [0.2, 0.25) is 0 Å². The molecule has 0 atom stereocenters. The van der Waals surface area contributed by atoms with E-state index in [1.54, 1.807) is 21.6 Å². The number of halogens is 3. The summed E-state index contributed by atoms with van der Waals surface area (Å²) in [6.07, 6.45) is -3.20. The minimum Gasteiger partial charge on any atom is -0.324 e. The summed E-state index contributed by atoms with van der Waals surface area (Å²) in [6.45, 7) is 5.45. The molecule has 2 aliphatic rings. The Kier molecular flexibility index (Phi) is 6.35. The molecule has 3 amide bonds. The maximum Gasteiger partial charge on any atom is 0.416 e. The number of amides is 3. The number of anilines is 1. The molecule has 5 nitrogen and oxygen atoms in total. The molecule has 1 N–H and O–H groups in total. The number of thioether (sulfide) groups is 1. The fourth-order valence-corrected chi connectivity index (χ4v) is 5.98. The van der Waals surface area contributed by atoms with Gasteiger partial charge in [0, 0.05) is 36.6 Å². The number of piperidine rings is 1. The molecule has 176 valence electrons. The third kappa shape index (κ3) is 4.69. The van der Waals surface area contributed by atoms with Gasteiger partial charge in [-0.25, -0.2) is 4.79 Å². The number of hydrogen-bond donors (Lipinski definition) is 1. The Balaban J connectivity index is 1.42. The number of para-hydroxylation sites is 1. The largest absolute Gasteiger partial charge is 0.416 e. The molecule has 0 bridgehead atoms. The summed E-state index contributed by atoms with van der Waals surface area (Å²) in [5.74, 6) is 0.503. The van der Waals surface area contributed by atoms with Gasteiger partial charge in [0.25, 0.3) is 5.91 Å². The van der Waals surface area contributed by atoms with Crippen molar-refractivity contribution in [3.05, 3.63) is 64.7 Å². The van der Waals surface area contributed by atoms with Crippen LogP contribution in [0.15, 0.2) is 42.5 Å². The quantitative estimate of drug-likeness (QED) is 0.618. The summed E-state index contributed by atoms with van der Waals surface area (Å²) >= 11 is 1.69. The smallest absolute Gasteiger partial charge is 0.324 e. The van der Waals surface area contributed by atoms with Crippen LogP contribution in [-0.2, 0) is 6.18 Å². The first-order chi connectivity index (χ1) is 15.6. The Morgan fingerprint density at radius 2 is 1.58 bits per heavy atom. The second-order valence-electron chi connectivity index (χ2n) is 8.51. The minimum atomic E-state index is -4.43. The Bertz CT molecular complexity index is 1030. The first-order valence-electron chi connectivity index (χ1n) is 10.9. The van der Waals surface area contributed by atoms with Gasteiger partial charge in [-0.3, -0.25) is 4.79 Å². The molecule has 0 unspecified atom stereocenters. The van der Waals surface area contributed by atoms with Gasteiger partial charge in [0.15, 0.2) is 0 Å². The third-order valence-electron chi connectivity index (χ3n) is 6.43.